The first-order valence-electron chi connectivity index (χ1n) is 6.10. The predicted molar refractivity (Wildman–Crippen MR) is 82.1 cm³/mol. The quantitative estimate of drug-likeness (QED) is 0.751. The van der Waals surface area contributed by atoms with Gasteiger partial charge in [-0.1, -0.05) is 40.9 Å². The average Bonchev–Trinajstić information content (AvgIpc) is 2.75. The standard InChI is InChI=1S/C14H13Cl3N2O/c1-8(2)19-14(12(17)7-18-19)13(20)5-9-3-4-10(15)6-11(9)16/h3-4,6-8H,5H2,1-2H3. The third-order valence-electron chi connectivity index (χ3n) is 2.87. The number of carbonyl (C=O) groups is 1. The summed E-state index contributed by atoms with van der Waals surface area (Å²) < 4.78 is 1.62. The number of hydrogen-bond donors (Lipinski definition) is 0. The molecule has 106 valence electrons. The van der Waals surface area contributed by atoms with Gasteiger partial charge in [0.1, 0.15) is 5.69 Å². The number of halogens is 3. The van der Waals surface area contributed by atoms with Crippen LogP contribution in [0.1, 0.15) is 35.9 Å². The van der Waals surface area contributed by atoms with Crippen LogP contribution in [0.2, 0.25) is 15.1 Å². The normalized spacial score (nSPS) is 11.1. The van der Waals surface area contributed by atoms with Crippen LogP contribution in [0.25, 0.3) is 0 Å². The zero-order valence-electron chi connectivity index (χ0n) is 11.0. The second kappa shape index (κ2) is 6.17. The zero-order chi connectivity index (χ0) is 14.9. The molecule has 1 aromatic carbocycles. The molecule has 0 aliphatic rings. The van der Waals surface area contributed by atoms with E-state index in [9.17, 15) is 4.79 Å². The molecule has 3 nitrogen and oxygen atoms in total. The van der Waals surface area contributed by atoms with Gasteiger partial charge in [-0.2, -0.15) is 5.10 Å². The maximum absolute atomic E-state index is 12.4. The molecule has 2 aromatic rings. The highest BCUT2D eigenvalue weighted by Gasteiger charge is 2.20. The molecule has 1 heterocycles. The van der Waals surface area contributed by atoms with Gasteiger partial charge in [0, 0.05) is 22.5 Å². The van der Waals surface area contributed by atoms with Crippen molar-refractivity contribution in [2.45, 2.75) is 26.3 Å². The van der Waals surface area contributed by atoms with E-state index in [1.807, 2.05) is 13.8 Å². The largest absolute Gasteiger partial charge is 0.292 e. The van der Waals surface area contributed by atoms with Gasteiger partial charge in [-0.15, -0.1) is 0 Å². The fraction of sp³-hybridized carbons (Fsp3) is 0.286. The van der Waals surface area contributed by atoms with E-state index in [4.69, 9.17) is 34.8 Å². The highest BCUT2D eigenvalue weighted by atomic mass is 35.5. The van der Waals surface area contributed by atoms with Gasteiger partial charge in [0.2, 0.25) is 0 Å². The molecule has 0 aliphatic heterocycles. The van der Waals surface area contributed by atoms with Gasteiger partial charge in [-0.3, -0.25) is 9.48 Å². The zero-order valence-corrected chi connectivity index (χ0v) is 13.3. The second-order valence-electron chi connectivity index (χ2n) is 4.72. The molecular weight excluding hydrogens is 319 g/mol. The van der Waals surface area contributed by atoms with Crippen LogP contribution in [0.4, 0.5) is 0 Å². The average molecular weight is 332 g/mol. The Morgan fingerprint density at radius 1 is 1.25 bits per heavy atom. The van der Waals surface area contributed by atoms with Crippen LogP contribution < -0.4 is 0 Å². The van der Waals surface area contributed by atoms with Crippen molar-refractivity contribution >= 4 is 40.6 Å². The molecular formula is C14H13Cl3N2O. The number of rotatable bonds is 4. The Balaban J connectivity index is 2.31. The summed E-state index contributed by atoms with van der Waals surface area (Å²) in [5, 5.41) is 5.49. The lowest BCUT2D eigenvalue weighted by Crippen LogP contribution is -2.15. The summed E-state index contributed by atoms with van der Waals surface area (Å²) in [6.45, 7) is 3.88. The molecule has 0 unspecified atom stereocenters. The predicted octanol–water partition coefficient (Wildman–Crippen LogP) is 4.85. The Morgan fingerprint density at radius 3 is 2.55 bits per heavy atom. The van der Waals surface area contributed by atoms with Crippen LogP contribution in [0, 0.1) is 0 Å². The van der Waals surface area contributed by atoms with Crippen LogP contribution in [0.5, 0.6) is 0 Å². The fourth-order valence-electron chi connectivity index (χ4n) is 1.92. The molecule has 0 saturated heterocycles. The van der Waals surface area contributed by atoms with E-state index in [0.29, 0.717) is 26.3 Å². The minimum Gasteiger partial charge on any atom is -0.292 e. The third kappa shape index (κ3) is 3.17. The molecule has 0 saturated carbocycles. The van der Waals surface area contributed by atoms with Gasteiger partial charge in [0.25, 0.3) is 0 Å². The van der Waals surface area contributed by atoms with Crippen LogP contribution in [0.3, 0.4) is 0 Å². The van der Waals surface area contributed by atoms with Gasteiger partial charge in [0.05, 0.1) is 11.2 Å². The summed E-state index contributed by atoms with van der Waals surface area (Å²) in [6.07, 6.45) is 1.65. The van der Waals surface area contributed by atoms with E-state index in [2.05, 4.69) is 5.10 Å². The second-order valence-corrected chi connectivity index (χ2v) is 5.97. The smallest absolute Gasteiger partial charge is 0.186 e. The van der Waals surface area contributed by atoms with Crippen LogP contribution in [-0.2, 0) is 6.42 Å². The molecule has 2 rings (SSSR count). The summed E-state index contributed by atoms with van der Waals surface area (Å²) >= 11 is 18.0. The molecule has 0 fully saturated rings. The number of nitrogens with zero attached hydrogens (tertiary/aromatic N) is 2. The first-order chi connectivity index (χ1) is 9.40. The van der Waals surface area contributed by atoms with Crippen molar-refractivity contribution in [2.75, 3.05) is 0 Å². The number of Topliss-reactive ketones (excluding diaryl/α,β-unsaturated/α-hetero) is 1. The van der Waals surface area contributed by atoms with Gasteiger partial charge >= 0.3 is 0 Å². The molecule has 0 spiro atoms. The summed E-state index contributed by atoms with van der Waals surface area (Å²) in [5.74, 6) is -0.120. The molecule has 0 bridgehead atoms. The van der Waals surface area contributed by atoms with Crippen molar-refractivity contribution < 1.29 is 4.79 Å². The highest BCUT2D eigenvalue weighted by Crippen LogP contribution is 2.25. The Morgan fingerprint density at radius 2 is 1.95 bits per heavy atom. The Bertz CT molecular complexity index is 650. The number of hydrogen-bond acceptors (Lipinski definition) is 2. The van der Waals surface area contributed by atoms with Gasteiger partial charge < -0.3 is 0 Å². The third-order valence-corrected chi connectivity index (χ3v) is 3.73. The number of benzene rings is 1. The molecule has 20 heavy (non-hydrogen) atoms. The first kappa shape index (κ1) is 15.4. The molecule has 0 N–H and O–H groups in total. The van der Waals surface area contributed by atoms with E-state index in [0.717, 1.165) is 0 Å². The molecule has 0 aliphatic carbocycles. The lowest BCUT2D eigenvalue weighted by molar-refractivity contribution is 0.0981. The topological polar surface area (TPSA) is 34.9 Å². The number of ketones is 1. The summed E-state index contributed by atoms with van der Waals surface area (Å²) in [5.41, 5.74) is 1.13. The van der Waals surface area contributed by atoms with Gasteiger partial charge in [0.15, 0.2) is 5.78 Å². The van der Waals surface area contributed by atoms with Gasteiger partial charge in [-0.05, 0) is 31.5 Å². The summed E-state index contributed by atoms with van der Waals surface area (Å²) in [6, 6.07) is 5.12. The maximum atomic E-state index is 12.4. The SMILES string of the molecule is CC(C)n1ncc(Cl)c1C(=O)Cc1ccc(Cl)cc1Cl. The van der Waals surface area contributed by atoms with Crippen molar-refractivity contribution in [2.24, 2.45) is 0 Å². The molecule has 0 amide bonds. The van der Waals surface area contributed by atoms with Crippen molar-refractivity contribution in [3.05, 3.63) is 50.7 Å². The van der Waals surface area contributed by atoms with Crippen LogP contribution in [0.15, 0.2) is 24.4 Å². The fourth-order valence-corrected chi connectivity index (χ4v) is 2.63. The summed E-state index contributed by atoms with van der Waals surface area (Å²) in [7, 11) is 0. The monoisotopic (exact) mass is 330 g/mol. The van der Waals surface area contributed by atoms with E-state index in [1.165, 1.54) is 6.20 Å². The van der Waals surface area contributed by atoms with Crippen molar-refractivity contribution in [3.63, 3.8) is 0 Å². The van der Waals surface area contributed by atoms with E-state index >= 15 is 0 Å². The minimum atomic E-state index is -0.120. The van der Waals surface area contributed by atoms with Crippen molar-refractivity contribution in [1.29, 1.82) is 0 Å². The van der Waals surface area contributed by atoms with E-state index in [1.54, 1.807) is 22.9 Å². The molecule has 0 atom stereocenters. The number of aromatic nitrogens is 2. The van der Waals surface area contributed by atoms with E-state index < -0.39 is 0 Å². The minimum absolute atomic E-state index is 0.0575. The summed E-state index contributed by atoms with van der Waals surface area (Å²) in [4.78, 5) is 12.4. The van der Waals surface area contributed by atoms with Crippen molar-refractivity contribution in [1.82, 2.24) is 9.78 Å². The van der Waals surface area contributed by atoms with Crippen molar-refractivity contribution in [3.8, 4) is 0 Å². The van der Waals surface area contributed by atoms with Gasteiger partial charge in [-0.25, -0.2) is 0 Å². The molecule has 1 aromatic heterocycles. The maximum Gasteiger partial charge on any atom is 0.186 e. The first-order valence-corrected chi connectivity index (χ1v) is 7.23. The Hall–Kier alpha value is -1.03. The number of carbonyl (C=O) groups excluding carboxylic acids is 1. The van der Waals surface area contributed by atoms with E-state index in [-0.39, 0.29) is 18.2 Å². The highest BCUT2D eigenvalue weighted by molar-refractivity contribution is 6.35. The molecule has 6 heteroatoms. The van der Waals surface area contributed by atoms with Crippen LogP contribution >= 0.6 is 34.8 Å². The molecule has 0 radical (unpaired) electrons. The Labute approximate surface area is 132 Å². The lowest BCUT2D eigenvalue weighted by Gasteiger charge is -2.11. The van der Waals surface area contributed by atoms with Crippen LogP contribution in [-0.4, -0.2) is 15.6 Å². The Kier molecular flexibility index (Phi) is 4.74. The lowest BCUT2D eigenvalue weighted by atomic mass is 10.1.